The molecule has 0 saturated heterocycles. The second-order valence-corrected chi connectivity index (χ2v) is 5.86. The van der Waals surface area contributed by atoms with Crippen LogP contribution < -0.4 is 0 Å². The van der Waals surface area contributed by atoms with Crippen LogP contribution in [-0.2, 0) is 4.79 Å². The molecule has 0 bridgehead atoms. The molecule has 3 nitrogen and oxygen atoms in total. The van der Waals surface area contributed by atoms with Crippen LogP contribution in [0.25, 0.3) is 0 Å². The SMILES string of the molecule is O=C1C2C=CC=CC2=NC(=S)N1CC1CCCCC1. The van der Waals surface area contributed by atoms with E-state index in [1.54, 1.807) is 4.90 Å². The Labute approximate surface area is 119 Å². The van der Waals surface area contributed by atoms with Gasteiger partial charge in [-0.15, -0.1) is 0 Å². The Morgan fingerprint density at radius 3 is 2.84 bits per heavy atom. The van der Waals surface area contributed by atoms with E-state index in [0.717, 1.165) is 12.3 Å². The highest BCUT2D eigenvalue weighted by Crippen LogP contribution is 2.27. The van der Waals surface area contributed by atoms with Crippen molar-refractivity contribution in [3.63, 3.8) is 0 Å². The highest BCUT2D eigenvalue weighted by atomic mass is 32.1. The van der Waals surface area contributed by atoms with Crippen molar-refractivity contribution in [2.45, 2.75) is 32.1 Å². The summed E-state index contributed by atoms with van der Waals surface area (Å²) in [6, 6.07) is 0. The molecule has 2 aliphatic carbocycles. The van der Waals surface area contributed by atoms with Crippen LogP contribution in [-0.4, -0.2) is 28.2 Å². The predicted molar refractivity (Wildman–Crippen MR) is 80.1 cm³/mol. The summed E-state index contributed by atoms with van der Waals surface area (Å²) in [7, 11) is 0. The number of nitrogens with zero attached hydrogens (tertiary/aromatic N) is 2. The second kappa shape index (κ2) is 5.37. The Morgan fingerprint density at radius 2 is 2.05 bits per heavy atom. The molecular formula is C15H18N2OS. The van der Waals surface area contributed by atoms with Crippen LogP contribution in [0.2, 0.25) is 0 Å². The van der Waals surface area contributed by atoms with Crippen LogP contribution in [0.15, 0.2) is 29.3 Å². The fraction of sp³-hybridized carbons (Fsp3) is 0.533. The summed E-state index contributed by atoms with van der Waals surface area (Å²) >= 11 is 5.30. The molecule has 3 rings (SSSR count). The molecule has 1 amide bonds. The van der Waals surface area contributed by atoms with Crippen molar-refractivity contribution in [1.29, 1.82) is 0 Å². The van der Waals surface area contributed by atoms with Gasteiger partial charge in [-0.25, -0.2) is 4.99 Å². The minimum atomic E-state index is -0.222. The molecule has 0 aromatic carbocycles. The van der Waals surface area contributed by atoms with E-state index in [1.165, 1.54) is 32.1 Å². The first-order valence-corrected chi connectivity index (χ1v) is 7.45. The lowest BCUT2D eigenvalue weighted by molar-refractivity contribution is -0.129. The fourth-order valence-corrected chi connectivity index (χ4v) is 3.35. The molecule has 1 atom stereocenters. The van der Waals surface area contributed by atoms with Crippen LogP contribution in [0.3, 0.4) is 0 Å². The van der Waals surface area contributed by atoms with Crippen molar-refractivity contribution in [1.82, 2.24) is 4.90 Å². The summed E-state index contributed by atoms with van der Waals surface area (Å²) in [5.74, 6) is 0.469. The van der Waals surface area contributed by atoms with E-state index in [2.05, 4.69) is 4.99 Å². The van der Waals surface area contributed by atoms with Crippen LogP contribution >= 0.6 is 12.2 Å². The van der Waals surface area contributed by atoms with Gasteiger partial charge in [0.1, 0.15) is 0 Å². The lowest BCUT2D eigenvalue weighted by atomic mass is 9.88. The van der Waals surface area contributed by atoms with Gasteiger partial charge in [-0.05, 0) is 37.1 Å². The van der Waals surface area contributed by atoms with Gasteiger partial charge in [-0.3, -0.25) is 9.69 Å². The summed E-state index contributed by atoms with van der Waals surface area (Å²) in [4.78, 5) is 18.7. The van der Waals surface area contributed by atoms with E-state index in [-0.39, 0.29) is 11.8 Å². The zero-order valence-electron chi connectivity index (χ0n) is 10.9. The zero-order chi connectivity index (χ0) is 13.2. The first kappa shape index (κ1) is 12.7. The van der Waals surface area contributed by atoms with E-state index in [1.807, 2.05) is 24.3 Å². The molecule has 0 radical (unpaired) electrons. The van der Waals surface area contributed by atoms with Crippen molar-refractivity contribution < 1.29 is 4.79 Å². The highest BCUT2D eigenvalue weighted by molar-refractivity contribution is 7.80. The lowest BCUT2D eigenvalue weighted by Crippen LogP contribution is -2.47. The third kappa shape index (κ3) is 2.54. The molecule has 0 aromatic heterocycles. The second-order valence-electron chi connectivity index (χ2n) is 5.49. The van der Waals surface area contributed by atoms with Crippen molar-refractivity contribution in [3.8, 4) is 0 Å². The molecule has 1 unspecified atom stereocenters. The van der Waals surface area contributed by atoms with Gasteiger partial charge in [0.25, 0.3) is 0 Å². The Bertz CT molecular complexity index is 486. The number of carbonyl (C=O) groups is 1. The van der Waals surface area contributed by atoms with Gasteiger partial charge in [-0.2, -0.15) is 0 Å². The fourth-order valence-electron chi connectivity index (χ4n) is 3.08. The van der Waals surface area contributed by atoms with E-state index in [0.29, 0.717) is 11.0 Å². The van der Waals surface area contributed by atoms with E-state index >= 15 is 0 Å². The molecule has 19 heavy (non-hydrogen) atoms. The molecule has 3 aliphatic rings. The molecule has 1 fully saturated rings. The van der Waals surface area contributed by atoms with Gasteiger partial charge < -0.3 is 0 Å². The normalized spacial score (nSPS) is 27.5. The highest BCUT2D eigenvalue weighted by Gasteiger charge is 2.34. The van der Waals surface area contributed by atoms with E-state index < -0.39 is 0 Å². The number of aliphatic imine (C=N–C) groups is 1. The van der Waals surface area contributed by atoms with Crippen molar-refractivity contribution in [2.24, 2.45) is 16.8 Å². The standard InChI is InChI=1S/C15H18N2OS/c18-14-12-8-4-5-9-13(12)16-15(19)17(14)10-11-6-2-1-3-7-11/h4-5,8-9,11-12H,1-3,6-7,10H2. The number of hydrogen-bond donors (Lipinski definition) is 0. The largest absolute Gasteiger partial charge is 0.286 e. The maximum Gasteiger partial charge on any atom is 0.241 e. The Balaban J connectivity index is 1.76. The maximum absolute atomic E-state index is 12.5. The number of rotatable bonds is 2. The third-order valence-corrected chi connectivity index (χ3v) is 4.47. The molecule has 1 heterocycles. The number of fused-ring (bicyclic) bond motifs is 1. The Morgan fingerprint density at radius 1 is 1.26 bits per heavy atom. The summed E-state index contributed by atoms with van der Waals surface area (Å²) in [6.45, 7) is 0.752. The lowest BCUT2D eigenvalue weighted by Gasteiger charge is -2.34. The van der Waals surface area contributed by atoms with Gasteiger partial charge in [-0.1, -0.05) is 37.5 Å². The molecule has 0 aromatic rings. The quantitative estimate of drug-likeness (QED) is 0.725. The minimum absolute atomic E-state index is 0.0983. The average molecular weight is 274 g/mol. The summed E-state index contributed by atoms with van der Waals surface area (Å²) in [5, 5.41) is 0.446. The third-order valence-electron chi connectivity index (χ3n) is 4.15. The van der Waals surface area contributed by atoms with Gasteiger partial charge in [0, 0.05) is 6.54 Å². The van der Waals surface area contributed by atoms with E-state index in [9.17, 15) is 4.79 Å². The molecule has 1 saturated carbocycles. The number of carbonyl (C=O) groups excluding carboxylic acids is 1. The van der Waals surface area contributed by atoms with Crippen molar-refractivity contribution in [3.05, 3.63) is 24.3 Å². The van der Waals surface area contributed by atoms with Crippen LogP contribution in [0, 0.1) is 11.8 Å². The Hall–Kier alpha value is -1.29. The molecule has 100 valence electrons. The molecule has 0 N–H and O–H groups in total. The molecule has 1 aliphatic heterocycles. The molecular weight excluding hydrogens is 256 g/mol. The number of allylic oxidation sites excluding steroid dienone is 3. The summed E-state index contributed by atoms with van der Waals surface area (Å²) in [6.07, 6.45) is 13.9. The van der Waals surface area contributed by atoms with Gasteiger partial charge in [0.05, 0.1) is 11.6 Å². The topological polar surface area (TPSA) is 32.7 Å². The van der Waals surface area contributed by atoms with Crippen molar-refractivity contribution >= 4 is 28.9 Å². The molecule has 0 spiro atoms. The first-order chi connectivity index (χ1) is 9.25. The predicted octanol–water partition coefficient (Wildman–Crippen LogP) is 2.88. The summed E-state index contributed by atoms with van der Waals surface area (Å²) < 4.78 is 0. The van der Waals surface area contributed by atoms with E-state index in [4.69, 9.17) is 12.2 Å². The molecule has 4 heteroatoms. The van der Waals surface area contributed by atoms with Gasteiger partial charge >= 0.3 is 0 Å². The van der Waals surface area contributed by atoms with Crippen LogP contribution in [0.5, 0.6) is 0 Å². The number of thiocarbonyl (C=S) groups is 1. The van der Waals surface area contributed by atoms with Gasteiger partial charge in [0.15, 0.2) is 0 Å². The minimum Gasteiger partial charge on any atom is -0.286 e. The maximum atomic E-state index is 12.5. The Kier molecular flexibility index (Phi) is 3.60. The van der Waals surface area contributed by atoms with Crippen LogP contribution in [0.1, 0.15) is 32.1 Å². The van der Waals surface area contributed by atoms with Crippen molar-refractivity contribution in [2.75, 3.05) is 6.54 Å². The van der Waals surface area contributed by atoms with Crippen LogP contribution in [0.4, 0.5) is 0 Å². The number of hydrogen-bond acceptors (Lipinski definition) is 2. The average Bonchev–Trinajstić information content (AvgIpc) is 2.45. The first-order valence-electron chi connectivity index (χ1n) is 7.04. The monoisotopic (exact) mass is 274 g/mol. The number of amides is 1. The zero-order valence-corrected chi connectivity index (χ0v) is 11.7. The summed E-state index contributed by atoms with van der Waals surface area (Å²) in [5.41, 5.74) is 0.789. The van der Waals surface area contributed by atoms with Gasteiger partial charge in [0.2, 0.25) is 11.0 Å². The smallest absolute Gasteiger partial charge is 0.241 e.